The average Bonchev–Trinajstić information content (AvgIpc) is 3.29. The lowest BCUT2D eigenvalue weighted by atomic mass is 9.97. The Morgan fingerprint density at radius 1 is 0.500 bits per heavy atom. The quantitative estimate of drug-likeness (QED) is 0.0282. The lowest BCUT2D eigenvalue weighted by Crippen LogP contribution is -2.65. The summed E-state index contributed by atoms with van der Waals surface area (Å²) < 4.78 is 22.8. The zero-order valence-electron chi connectivity index (χ0n) is 40.3. The summed E-state index contributed by atoms with van der Waals surface area (Å²) in [6.45, 7) is 2.86. The van der Waals surface area contributed by atoms with Crippen LogP contribution in [-0.4, -0.2) is 140 Å². The van der Waals surface area contributed by atoms with E-state index in [0.717, 1.165) is 51.4 Å². The van der Waals surface area contributed by atoms with Crippen LogP contribution in [0.25, 0.3) is 0 Å². The molecule has 9 N–H and O–H groups in total. The first-order valence-corrected chi connectivity index (χ1v) is 26.3. The SMILES string of the molecule is CCCCCCCCCCCCCCCCCCC[C@@H](O)[C@H](CO[C@@H]1O[C@H](CO)[C@@H](O[C@@H]2O[C@H](CO)[C@H](O)C(O)C2O)C(O)C1O)NC(=O)CCCCCCCCCCCCCCC. The first-order valence-electron chi connectivity index (χ1n) is 26.3. The highest BCUT2D eigenvalue weighted by molar-refractivity contribution is 5.76. The van der Waals surface area contributed by atoms with E-state index in [-0.39, 0.29) is 12.5 Å². The molecule has 1 amide bonds. The minimum Gasteiger partial charge on any atom is -0.394 e. The lowest BCUT2D eigenvalue weighted by molar-refractivity contribution is -0.359. The van der Waals surface area contributed by atoms with E-state index in [1.54, 1.807) is 0 Å². The minimum atomic E-state index is -1.78. The highest BCUT2D eigenvalue weighted by atomic mass is 16.7. The molecule has 2 rings (SSSR count). The number of nitrogens with one attached hydrogen (secondary N) is 1. The van der Waals surface area contributed by atoms with Gasteiger partial charge < -0.3 is 65.1 Å². The van der Waals surface area contributed by atoms with Crippen molar-refractivity contribution >= 4 is 5.91 Å². The van der Waals surface area contributed by atoms with Crippen LogP contribution in [0.15, 0.2) is 0 Å². The van der Waals surface area contributed by atoms with E-state index in [9.17, 15) is 45.6 Å². The largest absolute Gasteiger partial charge is 0.394 e. The highest BCUT2D eigenvalue weighted by Crippen LogP contribution is 2.30. The van der Waals surface area contributed by atoms with Crippen LogP contribution < -0.4 is 5.32 Å². The Bertz CT molecular complexity index is 1090. The van der Waals surface area contributed by atoms with Crippen LogP contribution in [0.5, 0.6) is 0 Å². The van der Waals surface area contributed by atoms with Gasteiger partial charge in [0.1, 0.15) is 48.8 Å². The van der Waals surface area contributed by atoms with Crippen molar-refractivity contribution in [3.05, 3.63) is 0 Å². The van der Waals surface area contributed by atoms with Crippen molar-refractivity contribution in [1.82, 2.24) is 5.32 Å². The van der Waals surface area contributed by atoms with Crippen LogP contribution in [0.4, 0.5) is 0 Å². The number of unbranched alkanes of at least 4 members (excludes halogenated alkanes) is 28. The molecule has 2 aliphatic rings. The first kappa shape index (κ1) is 59.1. The monoisotopic (exact) mass is 920 g/mol. The highest BCUT2D eigenvalue weighted by Gasteiger charge is 2.51. The fraction of sp³-hybridized carbons (Fsp3) is 0.980. The van der Waals surface area contributed by atoms with Gasteiger partial charge in [-0.15, -0.1) is 0 Å². The second-order valence-electron chi connectivity index (χ2n) is 19.0. The number of ether oxygens (including phenoxy) is 4. The van der Waals surface area contributed by atoms with Crippen LogP contribution in [0, 0.1) is 0 Å². The molecule has 0 saturated carbocycles. The van der Waals surface area contributed by atoms with Crippen molar-refractivity contribution in [2.24, 2.45) is 0 Å². The number of hydrogen-bond acceptors (Lipinski definition) is 13. The maximum atomic E-state index is 13.2. The van der Waals surface area contributed by atoms with Gasteiger partial charge in [0.05, 0.1) is 32.0 Å². The lowest BCUT2D eigenvalue weighted by Gasteiger charge is -2.46. The molecule has 14 heteroatoms. The van der Waals surface area contributed by atoms with Gasteiger partial charge in [0.2, 0.25) is 5.91 Å². The molecule has 2 heterocycles. The smallest absolute Gasteiger partial charge is 0.220 e. The summed E-state index contributed by atoms with van der Waals surface area (Å²) in [5.74, 6) is -0.204. The standard InChI is InChI=1S/C50H97NO13/c1-3-5-7-9-11-13-15-17-18-19-20-22-23-25-27-29-31-33-39(54)38(51-42(55)34-32-30-28-26-24-21-16-14-12-10-8-6-4-2)37-61-49-47(60)45(58)48(41(36-53)63-49)64-50-46(59)44(57)43(56)40(35-52)62-50/h38-41,43-50,52-54,56-60H,3-37H2,1-2H3,(H,51,55)/t38-,39+,40+,41+,43-,44?,45?,46?,47?,48+,49+,50-/m0/s1. The van der Waals surface area contributed by atoms with Crippen molar-refractivity contribution in [3.8, 4) is 0 Å². The molecule has 14 nitrogen and oxygen atoms in total. The van der Waals surface area contributed by atoms with E-state index in [1.165, 1.54) is 141 Å². The summed E-state index contributed by atoms with van der Waals surface area (Å²) in [5.41, 5.74) is 0. The molecule has 12 atom stereocenters. The summed E-state index contributed by atoms with van der Waals surface area (Å²) in [6.07, 6.45) is 21.0. The van der Waals surface area contributed by atoms with E-state index < -0.39 is 86.8 Å². The Labute approximate surface area is 387 Å². The molecule has 380 valence electrons. The number of carbonyl (C=O) groups is 1. The molecule has 4 unspecified atom stereocenters. The van der Waals surface area contributed by atoms with Crippen molar-refractivity contribution in [3.63, 3.8) is 0 Å². The Balaban J connectivity index is 1.82. The third-order valence-electron chi connectivity index (χ3n) is 13.3. The molecule has 64 heavy (non-hydrogen) atoms. The second-order valence-corrected chi connectivity index (χ2v) is 19.0. The van der Waals surface area contributed by atoms with Crippen LogP contribution in [0.1, 0.15) is 219 Å². The van der Waals surface area contributed by atoms with E-state index in [0.29, 0.717) is 12.8 Å². The molecule has 2 aliphatic heterocycles. The van der Waals surface area contributed by atoms with E-state index in [2.05, 4.69) is 19.2 Å². The molecule has 0 spiro atoms. The first-order chi connectivity index (χ1) is 31.1. The molecule has 2 saturated heterocycles. The predicted octanol–water partition coefficient (Wildman–Crippen LogP) is 7.00. The Morgan fingerprint density at radius 2 is 0.891 bits per heavy atom. The van der Waals surface area contributed by atoms with E-state index in [1.807, 2.05) is 0 Å². The van der Waals surface area contributed by atoms with Crippen molar-refractivity contribution in [1.29, 1.82) is 0 Å². The molecule has 0 aliphatic carbocycles. The number of carbonyl (C=O) groups excluding carboxylic acids is 1. The van der Waals surface area contributed by atoms with Gasteiger partial charge in [-0.3, -0.25) is 4.79 Å². The number of amides is 1. The van der Waals surface area contributed by atoms with Crippen molar-refractivity contribution < 1.29 is 64.6 Å². The third-order valence-corrected chi connectivity index (χ3v) is 13.3. The molecule has 0 aromatic rings. The average molecular weight is 920 g/mol. The Hall–Kier alpha value is -1.01. The summed E-state index contributed by atoms with van der Waals surface area (Å²) in [7, 11) is 0. The Morgan fingerprint density at radius 3 is 1.33 bits per heavy atom. The minimum absolute atomic E-state index is 0.204. The fourth-order valence-electron chi connectivity index (χ4n) is 9.00. The zero-order valence-corrected chi connectivity index (χ0v) is 40.3. The molecular weight excluding hydrogens is 823 g/mol. The third kappa shape index (κ3) is 24.8. The second kappa shape index (κ2) is 37.9. The molecule has 2 fully saturated rings. The molecular formula is C50H97NO13. The van der Waals surface area contributed by atoms with Crippen LogP contribution in [0.2, 0.25) is 0 Å². The van der Waals surface area contributed by atoms with Gasteiger partial charge >= 0.3 is 0 Å². The van der Waals surface area contributed by atoms with Gasteiger partial charge in [0.15, 0.2) is 12.6 Å². The molecule has 0 aromatic heterocycles. The van der Waals surface area contributed by atoms with Gasteiger partial charge in [-0.2, -0.15) is 0 Å². The number of aliphatic hydroxyl groups excluding tert-OH is 8. The molecule has 0 radical (unpaired) electrons. The molecule has 0 bridgehead atoms. The van der Waals surface area contributed by atoms with Crippen LogP contribution >= 0.6 is 0 Å². The zero-order chi connectivity index (χ0) is 46.8. The number of aliphatic hydroxyl groups is 8. The summed E-state index contributed by atoms with van der Waals surface area (Å²) in [6, 6.07) is -0.820. The fourth-order valence-corrected chi connectivity index (χ4v) is 9.00. The maximum absolute atomic E-state index is 13.2. The number of rotatable bonds is 41. The topological polar surface area (TPSA) is 228 Å². The maximum Gasteiger partial charge on any atom is 0.220 e. The van der Waals surface area contributed by atoms with Gasteiger partial charge in [0.25, 0.3) is 0 Å². The summed E-state index contributed by atoms with van der Waals surface area (Å²) >= 11 is 0. The van der Waals surface area contributed by atoms with Gasteiger partial charge in [-0.05, 0) is 12.8 Å². The van der Waals surface area contributed by atoms with Crippen molar-refractivity contribution in [2.75, 3.05) is 19.8 Å². The van der Waals surface area contributed by atoms with E-state index in [4.69, 9.17) is 18.9 Å². The van der Waals surface area contributed by atoms with Gasteiger partial charge in [-0.25, -0.2) is 0 Å². The normalized spacial score (nSPS) is 27.2. The Kier molecular flexibility index (Phi) is 35.0. The predicted molar refractivity (Wildman–Crippen MR) is 249 cm³/mol. The van der Waals surface area contributed by atoms with E-state index >= 15 is 0 Å². The summed E-state index contributed by atoms with van der Waals surface area (Å²) in [4.78, 5) is 13.2. The van der Waals surface area contributed by atoms with Crippen molar-refractivity contribution in [2.45, 2.75) is 293 Å². The van der Waals surface area contributed by atoms with Gasteiger partial charge in [0, 0.05) is 6.42 Å². The number of hydrogen-bond donors (Lipinski definition) is 9. The van der Waals surface area contributed by atoms with Gasteiger partial charge in [-0.1, -0.05) is 200 Å². The molecule has 0 aromatic carbocycles. The van der Waals surface area contributed by atoms with Crippen LogP contribution in [-0.2, 0) is 23.7 Å². The summed E-state index contributed by atoms with van der Waals surface area (Å²) in [5, 5.41) is 86.9. The van der Waals surface area contributed by atoms with Crippen LogP contribution in [0.3, 0.4) is 0 Å².